The third kappa shape index (κ3) is 3.77. The van der Waals surface area contributed by atoms with E-state index < -0.39 is 5.91 Å². The first kappa shape index (κ1) is 18.8. The summed E-state index contributed by atoms with van der Waals surface area (Å²) in [5.74, 6) is 4.77. The molecule has 1 aromatic carbocycles. The van der Waals surface area contributed by atoms with Gasteiger partial charge in [-0.1, -0.05) is 12.8 Å². The van der Waals surface area contributed by atoms with E-state index in [0.717, 1.165) is 47.2 Å². The number of aromatic amines is 1. The number of anilines is 1. The molecule has 0 bridgehead atoms. The fourth-order valence-corrected chi connectivity index (χ4v) is 3.74. The van der Waals surface area contributed by atoms with E-state index in [4.69, 9.17) is 5.73 Å². The maximum absolute atomic E-state index is 11.9. The standard InChI is InChI=1S/C21H26N4O2/c1-4-5-8-18(26)24-15-7-6-11-25(12-15)17-10-9-16(21(22)27)20-19(17)13(2)14(3)23-20/h9-10,15,23H,4,6-7,11-12H2,1-3H3,(H2,22,27)(H,24,26)/t15-/m0/s1. The number of aromatic nitrogens is 1. The van der Waals surface area contributed by atoms with Gasteiger partial charge in [0.05, 0.1) is 11.1 Å². The minimum Gasteiger partial charge on any atom is -0.369 e. The van der Waals surface area contributed by atoms with Crippen LogP contribution < -0.4 is 16.0 Å². The summed E-state index contributed by atoms with van der Waals surface area (Å²) in [6.45, 7) is 7.59. The Labute approximate surface area is 159 Å². The maximum atomic E-state index is 11.9. The molecule has 1 atom stereocenters. The smallest absolute Gasteiger partial charge is 0.296 e. The lowest BCUT2D eigenvalue weighted by Gasteiger charge is -2.35. The van der Waals surface area contributed by atoms with Crippen molar-refractivity contribution in [2.45, 2.75) is 46.1 Å². The third-order valence-electron chi connectivity index (χ3n) is 5.17. The van der Waals surface area contributed by atoms with Crippen molar-refractivity contribution in [2.75, 3.05) is 18.0 Å². The van der Waals surface area contributed by atoms with Crippen LogP contribution in [0.25, 0.3) is 10.9 Å². The van der Waals surface area contributed by atoms with Crippen LogP contribution >= 0.6 is 0 Å². The van der Waals surface area contributed by atoms with E-state index in [2.05, 4.69) is 27.0 Å². The largest absolute Gasteiger partial charge is 0.369 e. The SMILES string of the molecule is CCC#CC(=O)N[C@H]1CCCN(c2ccc(C(N)=O)c3[nH]c(C)c(C)c23)C1. The van der Waals surface area contributed by atoms with Crippen LogP contribution in [0.2, 0.25) is 0 Å². The lowest BCUT2D eigenvalue weighted by Crippen LogP contribution is -2.47. The van der Waals surface area contributed by atoms with E-state index in [1.807, 2.05) is 26.8 Å². The van der Waals surface area contributed by atoms with Gasteiger partial charge >= 0.3 is 0 Å². The highest BCUT2D eigenvalue weighted by Crippen LogP contribution is 2.34. The molecule has 6 nitrogen and oxygen atoms in total. The topological polar surface area (TPSA) is 91.2 Å². The average Bonchev–Trinajstić information content (AvgIpc) is 2.94. The first-order valence-electron chi connectivity index (χ1n) is 9.38. The van der Waals surface area contributed by atoms with Gasteiger partial charge in [0.1, 0.15) is 0 Å². The summed E-state index contributed by atoms with van der Waals surface area (Å²) in [6, 6.07) is 3.80. The van der Waals surface area contributed by atoms with Gasteiger partial charge in [-0.15, -0.1) is 0 Å². The van der Waals surface area contributed by atoms with Crippen LogP contribution in [0.5, 0.6) is 0 Å². The molecule has 4 N–H and O–H groups in total. The zero-order valence-electron chi connectivity index (χ0n) is 16.1. The van der Waals surface area contributed by atoms with Crippen molar-refractivity contribution in [3.63, 3.8) is 0 Å². The molecule has 1 aliphatic heterocycles. The zero-order chi connectivity index (χ0) is 19.6. The van der Waals surface area contributed by atoms with E-state index in [9.17, 15) is 9.59 Å². The van der Waals surface area contributed by atoms with Crippen molar-refractivity contribution in [2.24, 2.45) is 5.73 Å². The Balaban J connectivity index is 1.92. The summed E-state index contributed by atoms with van der Waals surface area (Å²) in [6.07, 6.45) is 2.58. The predicted octanol–water partition coefficient (Wildman–Crippen LogP) is 2.38. The lowest BCUT2D eigenvalue weighted by atomic mass is 10.0. The first-order valence-corrected chi connectivity index (χ1v) is 9.38. The number of carbonyl (C=O) groups is 2. The molecular formula is C21H26N4O2. The molecule has 0 saturated carbocycles. The minimum atomic E-state index is -0.439. The van der Waals surface area contributed by atoms with Crippen LogP contribution in [0.4, 0.5) is 5.69 Å². The molecule has 1 aromatic heterocycles. The number of carbonyl (C=O) groups excluding carboxylic acids is 2. The number of nitrogens with zero attached hydrogens (tertiary/aromatic N) is 1. The van der Waals surface area contributed by atoms with Gasteiger partial charge in [-0.05, 0) is 50.3 Å². The molecule has 1 fully saturated rings. The van der Waals surface area contributed by atoms with Gasteiger partial charge in [-0.2, -0.15) is 0 Å². The molecule has 0 unspecified atom stereocenters. The molecule has 142 valence electrons. The van der Waals surface area contributed by atoms with Crippen LogP contribution in [0.3, 0.4) is 0 Å². The van der Waals surface area contributed by atoms with E-state index in [1.54, 1.807) is 6.07 Å². The second-order valence-corrected chi connectivity index (χ2v) is 7.04. The predicted molar refractivity (Wildman–Crippen MR) is 108 cm³/mol. The van der Waals surface area contributed by atoms with Gasteiger partial charge in [0.15, 0.2) is 0 Å². The van der Waals surface area contributed by atoms with E-state index >= 15 is 0 Å². The lowest BCUT2D eigenvalue weighted by molar-refractivity contribution is -0.116. The summed E-state index contributed by atoms with van der Waals surface area (Å²) in [4.78, 5) is 29.3. The molecule has 0 aliphatic carbocycles. The minimum absolute atomic E-state index is 0.0589. The molecule has 1 aliphatic rings. The van der Waals surface area contributed by atoms with Crippen LogP contribution in [0.15, 0.2) is 12.1 Å². The van der Waals surface area contributed by atoms with Crippen LogP contribution in [-0.2, 0) is 4.79 Å². The van der Waals surface area contributed by atoms with Gasteiger partial charge < -0.3 is 20.9 Å². The maximum Gasteiger partial charge on any atom is 0.296 e. The number of fused-ring (bicyclic) bond motifs is 1. The van der Waals surface area contributed by atoms with Gasteiger partial charge in [-0.25, -0.2) is 0 Å². The molecule has 6 heteroatoms. The third-order valence-corrected chi connectivity index (χ3v) is 5.17. The Morgan fingerprint density at radius 1 is 1.37 bits per heavy atom. The number of piperidine rings is 1. The summed E-state index contributed by atoms with van der Waals surface area (Å²) < 4.78 is 0. The number of nitrogens with one attached hydrogen (secondary N) is 2. The molecule has 27 heavy (non-hydrogen) atoms. The molecule has 2 amide bonds. The Kier molecular flexibility index (Phi) is 5.41. The Bertz CT molecular complexity index is 948. The van der Waals surface area contributed by atoms with Crippen molar-refractivity contribution >= 4 is 28.4 Å². The van der Waals surface area contributed by atoms with E-state index in [0.29, 0.717) is 18.5 Å². The van der Waals surface area contributed by atoms with Crippen LogP contribution in [0.1, 0.15) is 47.8 Å². The monoisotopic (exact) mass is 366 g/mol. The highest BCUT2D eigenvalue weighted by Gasteiger charge is 2.25. The van der Waals surface area contributed by atoms with Crippen molar-refractivity contribution in [3.05, 3.63) is 29.0 Å². The Hall–Kier alpha value is -2.94. The summed E-state index contributed by atoms with van der Waals surface area (Å²) in [7, 11) is 0. The average molecular weight is 366 g/mol. The van der Waals surface area contributed by atoms with Gasteiger partial charge in [0.25, 0.3) is 11.8 Å². The molecule has 1 saturated heterocycles. The van der Waals surface area contributed by atoms with Crippen molar-refractivity contribution < 1.29 is 9.59 Å². The van der Waals surface area contributed by atoms with Crippen molar-refractivity contribution in [1.82, 2.24) is 10.3 Å². The summed E-state index contributed by atoms with van der Waals surface area (Å²) in [5, 5.41) is 4.04. The summed E-state index contributed by atoms with van der Waals surface area (Å²) in [5.41, 5.74) is 10.0. The van der Waals surface area contributed by atoms with Crippen LogP contribution in [0, 0.1) is 25.7 Å². The second kappa shape index (κ2) is 7.75. The number of primary amides is 1. The quantitative estimate of drug-likeness (QED) is 0.729. The number of aryl methyl sites for hydroxylation is 2. The molecule has 0 spiro atoms. The van der Waals surface area contributed by atoms with Gasteiger partial charge in [0.2, 0.25) is 0 Å². The van der Waals surface area contributed by atoms with E-state index in [1.165, 1.54) is 0 Å². The Morgan fingerprint density at radius 2 is 2.15 bits per heavy atom. The molecular weight excluding hydrogens is 340 g/mol. The second-order valence-electron chi connectivity index (χ2n) is 7.04. The number of amides is 2. The molecule has 3 rings (SSSR count). The molecule has 0 radical (unpaired) electrons. The number of benzene rings is 1. The van der Waals surface area contributed by atoms with Gasteiger partial charge in [0, 0.05) is 42.3 Å². The normalized spacial score (nSPS) is 16.7. The van der Waals surface area contributed by atoms with Gasteiger partial charge in [-0.3, -0.25) is 9.59 Å². The number of hydrogen-bond donors (Lipinski definition) is 3. The van der Waals surface area contributed by atoms with Crippen molar-refractivity contribution in [3.8, 4) is 11.8 Å². The van der Waals surface area contributed by atoms with Crippen LogP contribution in [-0.4, -0.2) is 35.9 Å². The number of hydrogen-bond acceptors (Lipinski definition) is 3. The number of nitrogens with two attached hydrogens (primary N) is 1. The molecule has 2 heterocycles. The molecule has 2 aromatic rings. The van der Waals surface area contributed by atoms with Crippen molar-refractivity contribution in [1.29, 1.82) is 0 Å². The van der Waals surface area contributed by atoms with E-state index in [-0.39, 0.29) is 11.9 Å². The number of H-pyrrole nitrogens is 1. The summed E-state index contributed by atoms with van der Waals surface area (Å²) >= 11 is 0. The fourth-order valence-electron chi connectivity index (χ4n) is 3.74. The fraction of sp³-hybridized carbons (Fsp3) is 0.429. The zero-order valence-corrected chi connectivity index (χ0v) is 16.1. The number of rotatable bonds is 3. The first-order chi connectivity index (χ1) is 12.9. The highest BCUT2D eigenvalue weighted by atomic mass is 16.1. The highest BCUT2D eigenvalue weighted by molar-refractivity contribution is 6.10. The Morgan fingerprint density at radius 3 is 2.85 bits per heavy atom.